The largest absolute Gasteiger partial charge is 0.287 e. The minimum atomic E-state index is -0.537. The number of nitriles is 1. The predicted molar refractivity (Wildman–Crippen MR) is 55.3 cm³/mol. The number of hydrogen-bond donors (Lipinski definition) is 0. The van der Waals surface area contributed by atoms with Gasteiger partial charge in [-0.3, -0.25) is 10.1 Å². The molecule has 0 aliphatic rings. The summed E-state index contributed by atoms with van der Waals surface area (Å²) in [5.41, 5.74) is -0.0464. The van der Waals surface area contributed by atoms with E-state index in [1.807, 2.05) is 18.2 Å². The number of hydrogen-bond acceptors (Lipinski definition) is 3. The fourth-order valence-electron chi connectivity index (χ4n) is 1.47. The van der Waals surface area contributed by atoms with E-state index < -0.39 is 4.92 Å². The molecule has 15 heavy (non-hydrogen) atoms. The zero-order chi connectivity index (χ0) is 10.8. The molecule has 0 bridgehead atoms. The van der Waals surface area contributed by atoms with Crippen molar-refractivity contribution in [1.29, 1.82) is 5.26 Å². The third-order valence-electron chi connectivity index (χ3n) is 2.18. The second-order valence-electron chi connectivity index (χ2n) is 3.09. The maximum Gasteiger partial charge on any atom is 0.287 e. The Hall–Kier alpha value is -2.41. The first-order chi connectivity index (χ1) is 7.22. The molecule has 0 unspecified atom stereocenters. The van der Waals surface area contributed by atoms with Gasteiger partial charge >= 0.3 is 0 Å². The number of fused-ring (bicyclic) bond motifs is 1. The Kier molecular flexibility index (Phi) is 2.07. The van der Waals surface area contributed by atoms with Gasteiger partial charge < -0.3 is 0 Å². The molecule has 0 aliphatic heterocycles. The Bertz CT molecular complexity index is 585. The van der Waals surface area contributed by atoms with Crippen LogP contribution in [0.25, 0.3) is 10.8 Å². The molecule has 0 atom stereocenters. The molecule has 0 saturated carbocycles. The van der Waals surface area contributed by atoms with Gasteiger partial charge in [-0.25, -0.2) is 0 Å². The summed E-state index contributed by atoms with van der Waals surface area (Å²) in [5.74, 6) is 0. The van der Waals surface area contributed by atoms with Gasteiger partial charge in [0.05, 0.1) is 4.92 Å². The molecule has 0 radical (unpaired) electrons. The Morgan fingerprint density at radius 3 is 2.33 bits per heavy atom. The number of benzene rings is 2. The van der Waals surface area contributed by atoms with E-state index in [1.54, 1.807) is 12.1 Å². The second-order valence-corrected chi connectivity index (χ2v) is 3.09. The molecule has 0 aromatic heterocycles. The maximum atomic E-state index is 10.7. The quantitative estimate of drug-likeness (QED) is 0.522. The predicted octanol–water partition coefficient (Wildman–Crippen LogP) is 2.62. The fraction of sp³-hybridized carbons (Fsp3) is 0. The average Bonchev–Trinajstić information content (AvgIpc) is 2.27. The van der Waals surface area contributed by atoms with E-state index in [0.717, 1.165) is 10.8 Å². The molecule has 0 fully saturated rings. The monoisotopic (exact) mass is 198 g/mol. The van der Waals surface area contributed by atoms with Crippen LogP contribution in [0.2, 0.25) is 0 Å². The van der Waals surface area contributed by atoms with Crippen molar-refractivity contribution >= 4 is 16.5 Å². The van der Waals surface area contributed by atoms with Crippen molar-refractivity contribution in [2.45, 2.75) is 0 Å². The molecule has 2 rings (SSSR count). The van der Waals surface area contributed by atoms with Crippen molar-refractivity contribution in [2.24, 2.45) is 0 Å². The zero-order valence-corrected chi connectivity index (χ0v) is 7.68. The molecular formula is C11H6N2O2. The van der Waals surface area contributed by atoms with Crippen LogP contribution in [-0.4, -0.2) is 4.92 Å². The Balaban J connectivity index is 2.82. The maximum absolute atomic E-state index is 10.7. The molecule has 0 saturated heterocycles. The van der Waals surface area contributed by atoms with E-state index >= 15 is 0 Å². The van der Waals surface area contributed by atoms with E-state index in [2.05, 4.69) is 0 Å². The van der Waals surface area contributed by atoms with Crippen molar-refractivity contribution in [3.63, 3.8) is 0 Å². The summed E-state index contributed by atoms with van der Waals surface area (Å²) in [6.07, 6.45) is 0. The third kappa shape index (κ3) is 1.51. The van der Waals surface area contributed by atoms with Crippen LogP contribution in [0.3, 0.4) is 0 Å². The van der Waals surface area contributed by atoms with Crippen LogP contribution >= 0.6 is 0 Å². The van der Waals surface area contributed by atoms with Gasteiger partial charge in [0.25, 0.3) is 5.69 Å². The molecule has 2 aromatic carbocycles. The van der Waals surface area contributed by atoms with Crippen LogP contribution in [0.5, 0.6) is 0 Å². The van der Waals surface area contributed by atoms with Crippen molar-refractivity contribution < 1.29 is 4.92 Å². The van der Waals surface area contributed by atoms with Crippen LogP contribution in [0, 0.1) is 21.4 Å². The average molecular weight is 198 g/mol. The highest BCUT2D eigenvalue weighted by molar-refractivity contribution is 5.86. The standard InChI is InChI=1S/C11H6N2O2/c12-7-10-5-8-3-1-2-4-9(8)6-11(10)13(14)15/h1-6H. The van der Waals surface area contributed by atoms with E-state index in [0.29, 0.717) is 0 Å². The van der Waals surface area contributed by atoms with E-state index in [1.165, 1.54) is 12.1 Å². The molecule has 4 heteroatoms. The lowest BCUT2D eigenvalue weighted by atomic mass is 10.1. The summed E-state index contributed by atoms with van der Waals surface area (Å²) in [5, 5.41) is 21.1. The Labute approximate surface area is 85.5 Å². The molecular weight excluding hydrogens is 192 g/mol. The van der Waals surface area contributed by atoms with E-state index in [4.69, 9.17) is 5.26 Å². The summed E-state index contributed by atoms with van der Waals surface area (Å²) in [6, 6.07) is 12.0. The number of nitro benzene ring substituents is 1. The summed E-state index contributed by atoms with van der Waals surface area (Å²) in [6.45, 7) is 0. The lowest BCUT2D eigenvalue weighted by Gasteiger charge is -1.98. The van der Waals surface area contributed by atoms with E-state index in [9.17, 15) is 10.1 Å². The zero-order valence-electron chi connectivity index (χ0n) is 7.68. The Morgan fingerprint density at radius 2 is 1.80 bits per heavy atom. The molecule has 0 aliphatic carbocycles. The summed E-state index contributed by atoms with van der Waals surface area (Å²) in [4.78, 5) is 10.1. The smallest absolute Gasteiger partial charge is 0.258 e. The topological polar surface area (TPSA) is 66.9 Å². The van der Waals surface area contributed by atoms with Crippen molar-refractivity contribution in [2.75, 3.05) is 0 Å². The number of rotatable bonds is 1. The van der Waals surface area contributed by atoms with E-state index in [-0.39, 0.29) is 11.3 Å². The van der Waals surface area contributed by atoms with Gasteiger partial charge in [0.15, 0.2) is 0 Å². The minimum Gasteiger partial charge on any atom is -0.258 e. The van der Waals surface area contributed by atoms with Gasteiger partial charge in [-0.1, -0.05) is 24.3 Å². The molecule has 0 spiro atoms. The third-order valence-corrected chi connectivity index (χ3v) is 2.18. The Morgan fingerprint density at radius 1 is 1.20 bits per heavy atom. The van der Waals surface area contributed by atoms with Gasteiger partial charge in [0, 0.05) is 6.07 Å². The lowest BCUT2D eigenvalue weighted by molar-refractivity contribution is -0.385. The molecule has 72 valence electrons. The highest BCUT2D eigenvalue weighted by Crippen LogP contribution is 2.24. The highest BCUT2D eigenvalue weighted by atomic mass is 16.6. The number of nitrogens with zero attached hydrogens (tertiary/aromatic N) is 2. The second kappa shape index (κ2) is 3.39. The lowest BCUT2D eigenvalue weighted by Crippen LogP contribution is -1.92. The first-order valence-corrected chi connectivity index (χ1v) is 4.29. The first-order valence-electron chi connectivity index (χ1n) is 4.29. The van der Waals surface area contributed by atoms with Crippen LogP contribution in [-0.2, 0) is 0 Å². The highest BCUT2D eigenvalue weighted by Gasteiger charge is 2.13. The first kappa shape index (κ1) is 9.16. The SMILES string of the molecule is N#Cc1cc2ccccc2cc1[N+](=O)[O-]. The summed E-state index contributed by atoms with van der Waals surface area (Å²) >= 11 is 0. The minimum absolute atomic E-state index is 0.0960. The van der Waals surface area contributed by atoms with Gasteiger partial charge in [-0.2, -0.15) is 5.26 Å². The molecule has 0 N–H and O–H groups in total. The summed E-state index contributed by atoms with van der Waals surface area (Å²) < 4.78 is 0. The van der Waals surface area contributed by atoms with Crippen LogP contribution in [0.1, 0.15) is 5.56 Å². The van der Waals surface area contributed by atoms with Crippen molar-refractivity contribution in [1.82, 2.24) is 0 Å². The van der Waals surface area contributed by atoms with Crippen LogP contribution < -0.4 is 0 Å². The van der Waals surface area contributed by atoms with Gasteiger partial charge in [-0.05, 0) is 16.8 Å². The van der Waals surface area contributed by atoms with Crippen LogP contribution in [0.15, 0.2) is 36.4 Å². The normalized spacial score (nSPS) is 9.80. The van der Waals surface area contributed by atoms with Crippen molar-refractivity contribution in [3.8, 4) is 6.07 Å². The van der Waals surface area contributed by atoms with Crippen LogP contribution in [0.4, 0.5) is 5.69 Å². The van der Waals surface area contributed by atoms with Gasteiger partial charge in [0.2, 0.25) is 0 Å². The fourth-order valence-corrected chi connectivity index (χ4v) is 1.47. The van der Waals surface area contributed by atoms with Gasteiger partial charge in [-0.15, -0.1) is 0 Å². The molecule has 4 nitrogen and oxygen atoms in total. The van der Waals surface area contributed by atoms with Crippen molar-refractivity contribution in [3.05, 3.63) is 52.1 Å². The molecule has 0 amide bonds. The molecule has 0 heterocycles. The molecule has 2 aromatic rings. The number of nitro groups is 1. The van der Waals surface area contributed by atoms with Gasteiger partial charge in [0.1, 0.15) is 11.6 Å². The summed E-state index contributed by atoms with van der Waals surface area (Å²) in [7, 11) is 0.